The number of aromatic hydroxyl groups is 1. The van der Waals surface area contributed by atoms with Crippen molar-refractivity contribution in [1.29, 1.82) is 0 Å². The zero-order valence-electron chi connectivity index (χ0n) is 17.3. The number of nitrogens with zero attached hydrogens (tertiary/aromatic N) is 2. The molecule has 0 amide bonds. The molecule has 2 aromatic rings. The highest BCUT2D eigenvalue weighted by molar-refractivity contribution is 7.07. The van der Waals surface area contributed by atoms with E-state index in [-0.39, 0.29) is 5.75 Å². The first kappa shape index (κ1) is 21.3. The fourth-order valence-electron chi connectivity index (χ4n) is 3.50. The number of hydrogen-bond acceptors (Lipinski definition) is 6. The highest BCUT2D eigenvalue weighted by atomic mass is 32.1. The second-order valence-corrected chi connectivity index (χ2v) is 7.88. The molecule has 0 atom stereocenters. The van der Waals surface area contributed by atoms with Crippen molar-refractivity contribution >= 4 is 17.3 Å². The lowest BCUT2D eigenvalue weighted by molar-refractivity contribution is 0.198. The number of benzene rings is 1. The van der Waals surface area contributed by atoms with Gasteiger partial charge < -0.3 is 25.2 Å². The molecule has 1 aromatic heterocycles. The van der Waals surface area contributed by atoms with Crippen molar-refractivity contribution in [3.05, 3.63) is 40.1 Å². The molecule has 1 aromatic carbocycles. The first-order valence-electron chi connectivity index (χ1n) is 9.77. The van der Waals surface area contributed by atoms with E-state index in [0.717, 1.165) is 44.0 Å². The van der Waals surface area contributed by atoms with Crippen LogP contribution in [0.4, 0.5) is 0 Å². The average molecular weight is 419 g/mol. The summed E-state index contributed by atoms with van der Waals surface area (Å²) in [5, 5.41) is 21.3. The minimum atomic E-state index is 0.00969. The number of piperidine rings is 1. The Morgan fingerprint density at radius 3 is 2.45 bits per heavy atom. The van der Waals surface area contributed by atoms with Gasteiger partial charge in [0.05, 0.1) is 14.2 Å². The molecule has 0 unspecified atom stereocenters. The SMILES string of the molecule is CN=C(NCc1cc(OC)c(O)c(OC)c1)NC1CCN(Cc2ccsc2)CC1. The Morgan fingerprint density at radius 2 is 1.90 bits per heavy atom. The third kappa shape index (κ3) is 5.77. The van der Waals surface area contributed by atoms with Gasteiger partial charge in [-0.2, -0.15) is 11.3 Å². The average Bonchev–Trinajstić information content (AvgIpc) is 3.26. The Hall–Kier alpha value is -2.45. The summed E-state index contributed by atoms with van der Waals surface area (Å²) in [5.74, 6) is 1.56. The fourth-order valence-corrected chi connectivity index (χ4v) is 4.16. The molecule has 0 aliphatic carbocycles. The van der Waals surface area contributed by atoms with Gasteiger partial charge in [0.25, 0.3) is 0 Å². The van der Waals surface area contributed by atoms with Gasteiger partial charge in [0.15, 0.2) is 17.5 Å². The lowest BCUT2D eigenvalue weighted by atomic mass is 10.0. The minimum Gasteiger partial charge on any atom is -0.502 e. The van der Waals surface area contributed by atoms with Crippen molar-refractivity contribution in [3.63, 3.8) is 0 Å². The smallest absolute Gasteiger partial charge is 0.200 e. The van der Waals surface area contributed by atoms with Crippen LogP contribution in [0.15, 0.2) is 34.0 Å². The van der Waals surface area contributed by atoms with Crippen LogP contribution in [-0.4, -0.2) is 56.4 Å². The van der Waals surface area contributed by atoms with Crippen molar-refractivity contribution in [1.82, 2.24) is 15.5 Å². The molecule has 1 aliphatic heterocycles. The molecule has 1 aliphatic rings. The number of nitrogens with one attached hydrogen (secondary N) is 2. The standard InChI is InChI=1S/C21H30N4O3S/c1-22-21(23-12-16-10-18(27-2)20(26)19(11-16)28-3)24-17-4-7-25(8-5-17)13-15-6-9-29-14-15/h6,9-11,14,17,26H,4-5,7-8,12-13H2,1-3H3,(H2,22,23,24). The number of methoxy groups -OCH3 is 2. The van der Waals surface area contributed by atoms with E-state index in [4.69, 9.17) is 9.47 Å². The molecule has 0 spiro atoms. The first-order chi connectivity index (χ1) is 14.1. The molecular weight excluding hydrogens is 388 g/mol. The van der Waals surface area contributed by atoms with E-state index in [0.29, 0.717) is 24.1 Å². The van der Waals surface area contributed by atoms with Crippen LogP contribution in [0.1, 0.15) is 24.0 Å². The molecule has 2 heterocycles. The summed E-state index contributed by atoms with van der Waals surface area (Å²) in [4.78, 5) is 6.86. The van der Waals surface area contributed by atoms with Crippen LogP contribution in [0, 0.1) is 0 Å². The number of guanidine groups is 1. The molecule has 29 heavy (non-hydrogen) atoms. The van der Waals surface area contributed by atoms with Gasteiger partial charge in [-0.25, -0.2) is 0 Å². The van der Waals surface area contributed by atoms with Crippen molar-refractivity contribution in [2.75, 3.05) is 34.4 Å². The number of phenolic OH excluding ortho intramolecular Hbond substituents is 1. The molecule has 0 radical (unpaired) electrons. The maximum Gasteiger partial charge on any atom is 0.200 e. The van der Waals surface area contributed by atoms with Crippen LogP contribution >= 0.6 is 11.3 Å². The zero-order chi connectivity index (χ0) is 20.6. The van der Waals surface area contributed by atoms with E-state index in [1.165, 1.54) is 19.8 Å². The molecule has 0 saturated carbocycles. The number of ether oxygens (including phenoxy) is 2. The van der Waals surface area contributed by atoms with Gasteiger partial charge in [0.1, 0.15) is 0 Å². The summed E-state index contributed by atoms with van der Waals surface area (Å²) < 4.78 is 10.4. The number of likely N-dealkylation sites (tertiary alicyclic amines) is 1. The van der Waals surface area contributed by atoms with E-state index >= 15 is 0 Å². The van der Waals surface area contributed by atoms with E-state index in [1.54, 1.807) is 30.5 Å². The van der Waals surface area contributed by atoms with Crippen LogP contribution in [0.2, 0.25) is 0 Å². The summed E-state index contributed by atoms with van der Waals surface area (Å²) in [6.45, 7) is 3.74. The van der Waals surface area contributed by atoms with Crippen LogP contribution in [0.5, 0.6) is 17.2 Å². The predicted molar refractivity (Wildman–Crippen MR) is 117 cm³/mol. The van der Waals surface area contributed by atoms with Gasteiger partial charge in [0.2, 0.25) is 5.75 Å². The Balaban J connectivity index is 1.49. The highest BCUT2D eigenvalue weighted by Gasteiger charge is 2.20. The van der Waals surface area contributed by atoms with Gasteiger partial charge in [0, 0.05) is 39.3 Å². The van der Waals surface area contributed by atoms with E-state index in [2.05, 4.69) is 37.4 Å². The lowest BCUT2D eigenvalue weighted by Crippen LogP contribution is -2.48. The van der Waals surface area contributed by atoms with E-state index in [9.17, 15) is 5.11 Å². The van der Waals surface area contributed by atoms with E-state index in [1.807, 2.05) is 0 Å². The van der Waals surface area contributed by atoms with Gasteiger partial charge in [-0.15, -0.1) is 0 Å². The Bertz CT molecular complexity index is 777. The second kappa shape index (κ2) is 10.4. The zero-order valence-corrected chi connectivity index (χ0v) is 18.1. The van der Waals surface area contributed by atoms with Crippen LogP contribution in [0.3, 0.4) is 0 Å². The molecule has 158 valence electrons. The normalized spacial score (nSPS) is 15.9. The van der Waals surface area contributed by atoms with Crippen molar-refractivity contribution in [2.24, 2.45) is 4.99 Å². The topological polar surface area (TPSA) is 78.4 Å². The highest BCUT2D eigenvalue weighted by Crippen LogP contribution is 2.37. The maximum absolute atomic E-state index is 10.0. The van der Waals surface area contributed by atoms with Gasteiger partial charge in [-0.1, -0.05) is 0 Å². The molecule has 8 heteroatoms. The number of aliphatic imine (C=N–C) groups is 1. The molecule has 1 saturated heterocycles. The number of hydrogen-bond donors (Lipinski definition) is 3. The van der Waals surface area contributed by atoms with Gasteiger partial charge in [-0.05, 0) is 52.9 Å². The quantitative estimate of drug-likeness (QED) is 0.474. The molecular formula is C21H30N4O3S. The molecule has 1 fully saturated rings. The predicted octanol–water partition coefficient (Wildman–Crippen LogP) is 2.80. The second-order valence-electron chi connectivity index (χ2n) is 7.10. The molecule has 7 nitrogen and oxygen atoms in total. The van der Waals surface area contributed by atoms with Crippen LogP contribution < -0.4 is 20.1 Å². The Morgan fingerprint density at radius 1 is 1.21 bits per heavy atom. The summed E-state index contributed by atoms with van der Waals surface area (Å²) in [7, 11) is 4.83. The van der Waals surface area contributed by atoms with Gasteiger partial charge >= 0.3 is 0 Å². The lowest BCUT2D eigenvalue weighted by Gasteiger charge is -2.33. The minimum absolute atomic E-state index is 0.00969. The summed E-state index contributed by atoms with van der Waals surface area (Å²) in [6, 6.07) is 6.19. The van der Waals surface area contributed by atoms with Gasteiger partial charge in [-0.3, -0.25) is 9.89 Å². The first-order valence-corrected chi connectivity index (χ1v) is 10.7. The Kier molecular flexibility index (Phi) is 7.60. The van der Waals surface area contributed by atoms with Crippen LogP contribution in [-0.2, 0) is 13.1 Å². The molecule has 3 rings (SSSR count). The maximum atomic E-state index is 10.0. The van der Waals surface area contributed by atoms with E-state index < -0.39 is 0 Å². The van der Waals surface area contributed by atoms with Crippen molar-refractivity contribution in [3.8, 4) is 17.2 Å². The number of thiophene rings is 1. The largest absolute Gasteiger partial charge is 0.502 e. The third-order valence-corrected chi connectivity index (χ3v) is 5.87. The summed E-state index contributed by atoms with van der Waals surface area (Å²) >= 11 is 1.76. The summed E-state index contributed by atoms with van der Waals surface area (Å²) in [5.41, 5.74) is 2.34. The summed E-state index contributed by atoms with van der Waals surface area (Å²) in [6.07, 6.45) is 2.18. The fraction of sp³-hybridized carbons (Fsp3) is 0.476. The Labute approximate surface area is 176 Å². The monoisotopic (exact) mass is 418 g/mol. The number of phenols is 1. The van der Waals surface area contributed by atoms with Crippen molar-refractivity contribution < 1.29 is 14.6 Å². The molecule has 0 bridgehead atoms. The van der Waals surface area contributed by atoms with Crippen molar-refractivity contribution in [2.45, 2.75) is 32.0 Å². The van der Waals surface area contributed by atoms with Crippen LogP contribution in [0.25, 0.3) is 0 Å². The number of rotatable bonds is 7. The third-order valence-electron chi connectivity index (χ3n) is 5.14. The molecule has 3 N–H and O–H groups in total.